The molecule has 0 aliphatic carbocycles. The van der Waals surface area contributed by atoms with Crippen LogP contribution in [0.25, 0.3) is 0 Å². The predicted molar refractivity (Wildman–Crippen MR) is 92.8 cm³/mol. The number of benzene rings is 1. The summed E-state index contributed by atoms with van der Waals surface area (Å²) in [5, 5.41) is 28.0. The zero-order valence-electron chi connectivity index (χ0n) is 14.7. The van der Waals surface area contributed by atoms with Crippen LogP contribution in [0.5, 0.6) is 0 Å². The van der Waals surface area contributed by atoms with E-state index in [2.05, 4.69) is 0 Å². The molecule has 25 heavy (non-hydrogen) atoms. The molecule has 0 atom stereocenters. The number of esters is 2. The molecule has 0 saturated carbocycles. The zero-order chi connectivity index (χ0) is 18.9. The van der Waals surface area contributed by atoms with Gasteiger partial charge in [0.1, 0.15) is 0 Å². The standard InChI is InChI=1S/C19H26O6/c1-14(2)16(9-6-10-19(11-20,12-21)13-22)18(24)25-17(23)15-7-4-3-5-8-15/h3-5,7-8,20-22H,6,9-13H2,1-2H3. The molecule has 1 rings (SSSR count). The minimum Gasteiger partial charge on any atom is -0.396 e. The van der Waals surface area contributed by atoms with Crippen molar-refractivity contribution in [2.75, 3.05) is 19.8 Å². The molecular formula is C19H26O6. The van der Waals surface area contributed by atoms with E-state index in [1.54, 1.807) is 44.2 Å². The number of rotatable bonds is 9. The van der Waals surface area contributed by atoms with Crippen molar-refractivity contribution in [3.8, 4) is 0 Å². The Morgan fingerprint density at radius 2 is 1.56 bits per heavy atom. The fourth-order valence-corrected chi connectivity index (χ4v) is 2.36. The van der Waals surface area contributed by atoms with Gasteiger partial charge in [0, 0.05) is 11.0 Å². The summed E-state index contributed by atoms with van der Waals surface area (Å²) in [5.41, 5.74) is 0.431. The summed E-state index contributed by atoms with van der Waals surface area (Å²) in [6, 6.07) is 8.25. The van der Waals surface area contributed by atoms with Crippen molar-refractivity contribution in [2.45, 2.75) is 33.1 Å². The van der Waals surface area contributed by atoms with Crippen molar-refractivity contribution in [3.05, 3.63) is 47.0 Å². The maximum absolute atomic E-state index is 12.3. The van der Waals surface area contributed by atoms with Crippen LogP contribution in [-0.4, -0.2) is 47.1 Å². The zero-order valence-corrected chi connectivity index (χ0v) is 14.7. The number of carbonyl (C=O) groups is 2. The molecule has 0 heterocycles. The maximum atomic E-state index is 12.3. The molecule has 0 radical (unpaired) electrons. The highest BCUT2D eigenvalue weighted by Crippen LogP contribution is 2.25. The number of hydrogen-bond acceptors (Lipinski definition) is 6. The summed E-state index contributed by atoms with van der Waals surface area (Å²) in [5.74, 6) is -1.41. The molecule has 6 nitrogen and oxygen atoms in total. The molecule has 0 aliphatic heterocycles. The minimum atomic E-state index is -0.976. The smallest absolute Gasteiger partial charge is 0.346 e. The van der Waals surface area contributed by atoms with Crippen LogP contribution in [0.4, 0.5) is 0 Å². The number of hydrogen-bond donors (Lipinski definition) is 3. The molecule has 1 aromatic carbocycles. The molecule has 6 heteroatoms. The van der Waals surface area contributed by atoms with Gasteiger partial charge in [-0.1, -0.05) is 23.8 Å². The molecule has 0 spiro atoms. The lowest BCUT2D eigenvalue weighted by molar-refractivity contribution is -0.133. The van der Waals surface area contributed by atoms with E-state index in [1.165, 1.54) is 0 Å². The Morgan fingerprint density at radius 3 is 2.04 bits per heavy atom. The summed E-state index contributed by atoms with van der Waals surface area (Å²) >= 11 is 0. The van der Waals surface area contributed by atoms with Crippen LogP contribution in [0.1, 0.15) is 43.5 Å². The van der Waals surface area contributed by atoms with Crippen LogP contribution in [-0.2, 0) is 9.53 Å². The SMILES string of the molecule is CC(C)=C(CCCC(CO)(CO)CO)C(=O)OC(=O)c1ccccc1. The Kier molecular flexibility index (Phi) is 8.48. The second kappa shape index (κ2) is 10.1. The van der Waals surface area contributed by atoms with Gasteiger partial charge in [-0.15, -0.1) is 0 Å². The molecule has 0 bridgehead atoms. The number of ether oxygens (including phenoxy) is 1. The summed E-state index contributed by atoms with van der Waals surface area (Å²) < 4.78 is 4.94. The van der Waals surface area contributed by atoms with Gasteiger partial charge in [-0.05, 0) is 45.2 Å². The maximum Gasteiger partial charge on any atom is 0.346 e. The molecule has 0 unspecified atom stereocenters. The average molecular weight is 350 g/mol. The Bertz CT molecular complexity index is 589. The Morgan fingerprint density at radius 1 is 1.00 bits per heavy atom. The van der Waals surface area contributed by atoms with E-state index in [9.17, 15) is 24.9 Å². The number of carbonyl (C=O) groups excluding carboxylic acids is 2. The highest BCUT2D eigenvalue weighted by Gasteiger charge is 2.28. The van der Waals surface area contributed by atoms with E-state index in [0.717, 1.165) is 5.57 Å². The van der Waals surface area contributed by atoms with Gasteiger partial charge in [0.2, 0.25) is 0 Å². The van der Waals surface area contributed by atoms with Crippen LogP contribution >= 0.6 is 0 Å². The monoisotopic (exact) mass is 350 g/mol. The Labute approximate surface area is 147 Å². The van der Waals surface area contributed by atoms with Crippen LogP contribution in [0, 0.1) is 5.41 Å². The van der Waals surface area contributed by atoms with E-state index < -0.39 is 17.4 Å². The van der Waals surface area contributed by atoms with Crippen molar-refractivity contribution in [1.82, 2.24) is 0 Å². The number of aliphatic hydroxyl groups excluding tert-OH is 3. The largest absolute Gasteiger partial charge is 0.396 e. The summed E-state index contributed by atoms with van der Waals surface area (Å²) in [6.45, 7) is 2.46. The third-order valence-corrected chi connectivity index (χ3v) is 4.18. The van der Waals surface area contributed by atoms with Crippen molar-refractivity contribution in [1.29, 1.82) is 0 Å². The number of aliphatic hydroxyl groups is 3. The second-order valence-corrected chi connectivity index (χ2v) is 6.35. The van der Waals surface area contributed by atoms with Crippen molar-refractivity contribution in [3.63, 3.8) is 0 Å². The third-order valence-electron chi connectivity index (χ3n) is 4.18. The van der Waals surface area contributed by atoms with Gasteiger partial charge in [-0.25, -0.2) is 9.59 Å². The van der Waals surface area contributed by atoms with E-state index in [4.69, 9.17) is 4.74 Å². The highest BCUT2D eigenvalue weighted by atomic mass is 16.6. The first-order chi connectivity index (χ1) is 11.9. The molecule has 0 aromatic heterocycles. The molecule has 138 valence electrons. The summed E-state index contributed by atoms with van der Waals surface area (Å²) in [6.07, 6.45) is 1.12. The first-order valence-corrected chi connectivity index (χ1v) is 8.19. The van der Waals surface area contributed by atoms with E-state index in [-0.39, 0.29) is 19.8 Å². The minimum absolute atomic E-state index is 0.295. The van der Waals surface area contributed by atoms with Gasteiger partial charge in [-0.3, -0.25) is 0 Å². The summed E-state index contributed by atoms with van der Waals surface area (Å²) in [7, 11) is 0. The van der Waals surface area contributed by atoms with Crippen LogP contribution < -0.4 is 0 Å². The number of allylic oxidation sites excluding steroid dienone is 1. The fraction of sp³-hybridized carbons (Fsp3) is 0.474. The van der Waals surface area contributed by atoms with Gasteiger partial charge < -0.3 is 20.1 Å². The van der Waals surface area contributed by atoms with Gasteiger partial charge in [0.15, 0.2) is 0 Å². The first kappa shape index (κ1) is 21.0. The molecule has 0 aliphatic rings. The highest BCUT2D eigenvalue weighted by molar-refractivity contribution is 6.02. The quantitative estimate of drug-likeness (QED) is 0.357. The molecule has 0 saturated heterocycles. The van der Waals surface area contributed by atoms with E-state index in [0.29, 0.717) is 30.4 Å². The fourth-order valence-electron chi connectivity index (χ4n) is 2.36. The molecule has 1 aromatic rings. The molecule has 0 amide bonds. The molecular weight excluding hydrogens is 324 g/mol. The molecule has 3 N–H and O–H groups in total. The van der Waals surface area contributed by atoms with Gasteiger partial charge >= 0.3 is 11.9 Å². The van der Waals surface area contributed by atoms with Gasteiger partial charge in [0.25, 0.3) is 0 Å². The Balaban J connectivity index is 2.70. The molecule has 0 fully saturated rings. The topological polar surface area (TPSA) is 104 Å². The van der Waals surface area contributed by atoms with Crippen LogP contribution in [0.2, 0.25) is 0 Å². The second-order valence-electron chi connectivity index (χ2n) is 6.35. The Hall–Kier alpha value is -2.02. The first-order valence-electron chi connectivity index (χ1n) is 8.19. The lowest BCUT2D eigenvalue weighted by atomic mass is 9.84. The lowest BCUT2D eigenvalue weighted by Gasteiger charge is -2.27. The lowest BCUT2D eigenvalue weighted by Crippen LogP contribution is -2.33. The average Bonchev–Trinajstić information content (AvgIpc) is 2.62. The van der Waals surface area contributed by atoms with Gasteiger partial charge in [0.05, 0.1) is 25.4 Å². The van der Waals surface area contributed by atoms with Gasteiger partial charge in [-0.2, -0.15) is 0 Å². The van der Waals surface area contributed by atoms with Crippen LogP contribution in [0.3, 0.4) is 0 Å². The predicted octanol–water partition coefficient (Wildman–Crippen LogP) is 1.84. The normalized spacial score (nSPS) is 11.1. The van der Waals surface area contributed by atoms with E-state index in [1.807, 2.05) is 0 Å². The van der Waals surface area contributed by atoms with Crippen molar-refractivity contribution >= 4 is 11.9 Å². The van der Waals surface area contributed by atoms with Crippen molar-refractivity contribution in [2.24, 2.45) is 5.41 Å². The third kappa shape index (κ3) is 6.08. The summed E-state index contributed by atoms with van der Waals surface area (Å²) in [4.78, 5) is 24.3. The van der Waals surface area contributed by atoms with Crippen LogP contribution in [0.15, 0.2) is 41.5 Å². The van der Waals surface area contributed by atoms with E-state index >= 15 is 0 Å². The van der Waals surface area contributed by atoms with Crippen molar-refractivity contribution < 1.29 is 29.6 Å².